The van der Waals surface area contributed by atoms with Crippen LogP contribution in [-0.2, 0) is 9.59 Å². The number of aliphatic hydroxyl groups excluding tert-OH is 2. The second-order valence-electron chi connectivity index (χ2n) is 6.26. The summed E-state index contributed by atoms with van der Waals surface area (Å²) in [6.07, 6.45) is -1.98. The first-order valence-corrected chi connectivity index (χ1v) is 8.09. The minimum absolute atomic E-state index is 0.0289. The van der Waals surface area contributed by atoms with Gasteiger partial charge < -0.3 is 20.4 Å². The van der Waals surface area contributed by atoms with Gasteiger partial charge in [-0.05, 0) is 25.7 Å². The van der Waals surface area contributed by atoms with Crippen LogP contribution in [0.2, 0.25) is 0 Å². The Balaban J connectivity index is 2.14. The Kier molecular flexibility index (Phi) is 7.95. The lowest BCUT2D eigenvalue weighted by molar-refractivity contribution is -0.173. The summed E-state index contributed by atoms with van der Waals surface area (Å²) in [7, 11) is 0. The molecule has 1 saturated heterocycles. The van der Waals surface area contributed by atoms with Gasteiger partial charge in [-0.3, -0.25) is 9.59 Å². The highest BCUT2D eigenvalue weighted by molar-refractivity contribution is 5.81. The Morgan fingerprint density at radius 2 is 1.62 bits per heavy atom. The minimum Gasteiger partial charge on any atom is -0.396 e. The van der Waals surface area contributed by atoms with E-state index in [4.69, 9.17) is 0 Å². The second kappa shape index (κ2) is 9.22. The summed E-state index contributed by atoms with van der Waals surface area (Å²) in [6, 6.07) is 0. The molecular formula is C15H25F3N2O4. The highest BCUT2D eigenvalue weighted by atomic mass is 19.4. The van der Waals surface area contributed by atoms with E-state index in [0.29, 0.717) is 51.6 Å². The number of unbranched alkanes of at least 4 members (excludes halogenated alkanes) is 2. The van der Waals surface area contributed by atoms with Crippen LogP contribution in [0.25, 0.3) is 0 Å². The highest BCUT2D eigenvalue weighted by Gasteiger charge is 2.38. The van der Waals surface area contributed by atoms with Gasteiger partial charge in [-0.1, -0.05) is 6.42 Å². The average molecular weight is 354 g/mol. The summed E-state index contributed by atoms with van der Waals surface area (Å²) in [6.45, 7) is 0.708. The SMILES string of the molecule is O=C(CCCCCNC(=O)C(F)(F)F)N1CCC(CO)(CO)CC1. The zero-order valence-electron chi connectivity index (χ0n) is 13.6. The van der Waals surface area contributed by atoms with Crippen molar-refractivity contribution >= 4 is 11.8 Å². The molecule has 1 aliphatic rings. The predicted molar refractivity (Wildman–Crippen MR) is 80.0 cm³/mol. The van der Waals surface area contributed by atoms with E-state index in [1.807, 2.05) is 0 Å². The number of aliphatic hydroxyl groups is 2. The molecule has 0 radical (unpaired) electrons. The number of likely N-dealkylation sites (tertiary alicyclic amines) is 1. The summed E-state index contributed by atoms with van der Waals surface area (Å²) in [5, 5.41) is 20.4. The molecule has 1 rings (SSSR count). The van der Waals surface area contributed by atoms with Gasteiger partial charge in [-0.2, -0.15) is 13.2 Å². The zero-order chi connectivity index (χ0) is 18.2. The molecule has 0 aromatic heterocycles. The van der Waals surface area contributed by atoms with Gasteiger partial charge in [0, 0.05) is 31.5 Å². The molecule has 0 atom stereocenters. The van der Waals surface area contributed by atoms with Gasteiger partial charge in [-0.15, -0.1) is 0 Å². The molecule has 3 N–H and O–H groups in total. The van der Waals surface area contributed by atoms with E-state index in [0.717, 1.165) is 0 Å². The first-order chi connectivity index (χ1) is 11.2. The maximum Gasteiger partial charge on any atom is 0.471 e. The third-order valence-corrected chi connectivity index (χ3v) is 4.46. The normalized spacial score (nSPS) is 17.6. The molecule has 0 spiro atoms. The predicted octanol–water partition coefficient (Wildman–Crippen LogP) is 0.819. The van der Waals surface area contributed by atoms with Crippen molar-refractivity contribution in [2.24, 2.45) is 5.41 Å². The third-order valence-electron chi connectivity index (χ3n) is 4.46. The summed E-state index contributed by atoms with van der Waals surface area (Å²) in [4.78, 5) is 24.3. The number of halogens is 3. The maximum atomic E-state index is 12.0. The number of nitrogens with zero attached hydrogens (tertiary/aromatic N) is 1. The Morgan fingerprint density at radius 1 is 1.04 bits per heavy atom. The molecule has 0 saturated carbocycles. The molecule has 0 aromatic carbocycles. The summed E-state index contributed by atoms with van der Waals surface area (Å²) >= 11 is 0. The number of nitrogens with one attached hydrogen (secondary N) is 1. The van der Waals surface area contributed by atoms with Crippen molar-refractivity contribution in [1.82, 2.24) is 10.2 Å². The van der Waals surface area contributed by atoms with E-state index in [-0.39, 0.29) is 25.7 Å². The quantitative estimate of drug-likeness (QED) is 0.563. The molecule has 0 bridgehead atoms. The van der Waals surface area contributed by atoms with Gasteiger partial charge in [0.2, 0.25) is 5.91 Å². The van der Waals surface area contributed by atoms with Gasteiger partial charge in [0.25, 0.3) is 0 Å². The first kappa shape index (κ1) is 20.7. The molecule has 1 aliphatic heterocycles. The third kappa shape index (κ3) is 6.27. The van der Waals surface area contributed by atoms with Crippen LogP contribution < -0.4 is 5.32 Å². The first-order valence-electron chi connectivity index (χ1n) is 8.09. The molecule has 2 amide bonds. The van der Waals surface area contributed by atoms with E-state index in [1.54, 1.807) is 10.2 Å². The highest BCUT2D eigenvalue weighted by Crippen LogP contribution is 2.30. The molecule has 0 unspecified atom stereocenters. The Morgan fingerprint density at radius 3 is 2.12 bits per heavy atom. The van der Waals surface area contributed by atoms with E-state index in [1.165, 1.54) is 0 Å². The maximum absolute atomic E-state index is 12.0. The summed E-state index contributed by atoms with van der Waals surface area (Å²) in [5.74, 6) is -1.97. The number of piperidine rings is 1. The lowest BCUT2D eigenvalue weighted by Gasteiger charge is -2.39. The zero-order valence-corrected chi connectivity index (χ0v) is 13.6. The van der Waals surface area contributed by atoms with Crippen LogP contribution in [0.1, 0.15) is 38.5 Å². The largest absolute Gasteiger partial charge is 0.471 e. The van der Waals surface area contributed by atoms with Gasteiger partial charge in [0.1, 0.15) is 0 Å². The molecular weight excluding hydrogens is 329 g/mol. The van der Waals surface area contributed by atoms with Gasteiger partial charge in [0.15, 0.2) is 0 Å². The smallest absolute Gasteiger partial charge is 0.396 e. The molecule has 0 aromatic rings. The number of carbonyl (C=O) groups excluding carboxylic acids is 2. The van der Waals surface area contributed by atoms with Crippen LogP contribution in [-0.4, -0.2) is 66.0 Å². The molecule has 24 heavy (non-hydrogen) atoms. The summed E-state index contributed by atoms with van der Waals surface area (Å²) in [5.41, 5.74) is -0.506. The number of amides is 2. The summed E-state index contributed by atoms with van der Waals surface area (Å²) < 4.78 is 35.8. The van der Waals surface area contributed by atoms with Crippen molar-refractivity contribution in [2.45, 2.75) is 44.7 Å². The van der Waals surface area contributed by atoms with E-state index >= 15 is 0 Å². The van der Waals surface area contributed by atoms with Crippen LogP contribution in [0.3, 0.4) is 0 Å². The van der Waals surface area contributed by atoms with Crippen LogP contribution >= 0.6 is 0 Å². The Bertz CT molecular complexity index is 415. The standard InChI is InChI=1S/C15H25F3N2O4/c16-15(17,18)13(24)19-7-3-1-2-4-12(23)20-8-5-14(10-21,11-22)6-9-20/h21-22H,1-11H2,(H,19,24). The molecule has 6 nitrogen and oxygen atoms in total. The second-order valence-corrected chi connectivity index (χ2v) is 6.26. The number of rotatable bonds is 8. The fourth-order valence-electron chi connectivity index (χ4n) is 2.63. The fraction of sp³-hybridized carbons (Fsp3) is 0.867. The number of hydrogen-bond acceptors (Lipinski definition) is 4. The molecule has 1 heterocycles. The van der Waals surface area contributed by atoms with E-state index in [9.17, 15) is 33.0 Å². The molecule has 9 heteroatoms. The lowest BCUT2D eigenvalue weighted by atomic mass is 9.80. The van der Waals surface area contributed by atoms with Crippen molar-refractivity contribution < 1.29 is 33.0 Å². The molecule has 1 fully saturated rings. The van der Waals surface area contributed by atoms with Gasteiger partial charge in [-0.25, -0.2) is 0 Å². The number of alkyl halides is 3. The minimum atomic E-state index is -4.86. The molecule has 0 aliphatic carbocycles. The van der Waals surface area contributed by atoms with Crippen LogP contribution in [0.5, 0.6) is 0 Å². The van der Waals surface area contributed by atoms with Gasteiger partial charge in [0.05, 0.1) is 13.2 Å². The number of hydrogen-bond donors (Lipinski definition) is 3. The van der Waals surface area contributed by atoms with Crippen molar-refractivity contribution in [3.8, 4) is 0 Å². The Hall–Kier alpha value is -1.35. The number of carbonyl (C=O) groups is 2. The Labute approximate surface area is 139 Å². The van der Waals surface area contributed by atoms with Gasteiger partial charge >= 0.3 is 12.1 Å². The van der Waals surface area contributed by atoms with E-state index < -0.39 is 17.5 Å². The molecule has 140 valence electrons. The van der Waals surface area contributed by atoms with Crippen molar-refractivity contribution in [3.05, 3.63) is 0 Å². The van der Waals surface area contributed by atoms with Crippen LogP contribution in [0.4, 0.5) is 13.2 Å². The van der Waals surface area contributed by atoms with Crippen molar-refractivity contribution in [2.75, 3.05) is 32.8 Å². The monoisotopic (exact) mass is 354 g/mol. The van der Waals surface area contributed by atoms with Crippen molar-refractivity contribution in [1.29, 1.82) is 0 Å². The fourth-order valence-corrected chi connectivity index (χ4v) is 2.63. The van der Waals surface area contributed by atoms with E-state index in [2.05, 4.69) is 0 Å². The van der Waals surface area contributed by atoms with Crippen LogP contribution in [0.15, 0.2) is 0 Å². The average Bonchev–Trinajstić information content (AvgIpc) is 2.56. The topological polar surface area (TPSA) is 89.9 Å². The lowest BCUT2D eigenvalue weighted by Crippen LogP contribution is -2.46. The van der Waals surface area contributed by atoms with Crippen LogP contribution in [0, 0.1) is 5.41 Å². The van der Waals surface area contributed by atoms with Crippen molar-refractivity contribution in [3.63, 3.8) is 0 Å².